The highest BCUT2D eigenvalue weighted by Crippen LogP contribution is 2.31. The number of hydrogen-bond acceptors (Lipinski definition) is 9. The van der Waals surface area contributed by atoms with Crippen LogP contribution >= 0.6 is 11.6 Å². The molecule has 0 radical (unpaired) electrons. The molecule has 0 unspecified atom stereocenters. The maximum Gasteiger partial charge on any atom is 0.319 e. The van der Waals surface area contributed by atoms with Crippen molar-refractivity contribution < 1.29 is 17.9 Å². The van der Waals surface area contributed by atoms with Gasteiger partial charge >= 0.3 is 6.03 Å². The van der Waals surface area contributed by atoms with Crippen molar-refractivity contribution in [3.8, 4) is 5.75 Å². The molecular weight excluding hydrogens is 568 g/mol. The van der Waals surface area contributed by atoms with E-state index < -0.39 is 10.0 Å². The largest absolute Gasteiger partial charge is 0.494 e. The Morgan fingerprint density at radius 2 is 1.85 bits per heavy atom. The third-order valence-corrected chi connectivity index (χ3v) is 7.36. The minimum absolute atomic E-state index is 0.101. The summed E-state index contributed by atoms with van der Waals surface area (Å²) in [6.07, 6.45) is 4.75. The Morgan fingerprint density at radius 3 is 2.59 bits per heavy atom. The van der Waals surface area contributed by atoms with E-state index in [0.29, 0.717) is 29.4 Å². The lowest BCUT2D eigenvalue weighted by atomic mass is 10.2. The number of ether oxygens (including phenoxy) is 1. The number of rotatable bonds is 11. The monoisotopic (exact) mass is 596 g/mol. The molecule has 2 aromatic heterocycles. The van der Waals surface area contributed by atoms with Gasteiger partial charge in [0.2, 0.25) is 16.0 Å². The third kappa shape index (κ3) is 8.27. The van der Waals surface area contributed by atoms with Crippen molar-refractivity contribution in [2.24, 2.45) is 0 Å². The quantitative estimate of drug-likeness (QED) is 0.160. The molecule has 14 heteroatoms. The fourth-order valence-electron chi connectivity index (χ4n) is 3.62. The Balaban J connectivity index is 1.45. The fraction of sp³-hybridized carbons (Fsp3) is 0.185. The normalized spacial score (nSPS) is 11.1. The van der Waals surface area contributed by atoms with E-state index in [4.69, 9.17) is 16.3 Å². The Kier molecular flexibility index (Phi) is 9.55. The highest BCUT2D eigenvalue weighted by atomic mass is 35.5. The lowest BCUT2D eigenvalue weighted by Crippen LogP contribution is -2.30. The number of anilines is 5. The molecule has 214 valence electrons. The molecule has 4 rings (SSSR count). The first-order chi connectivity index (χ1) is 19.6. The van der Waals surface area contributed by atoms with Crippen LogP contribution in [-0.4, -0.2) is 42.6 Å². The number of carbonyl (C=O) groups excluding carboxylic acids is 1. The zero-order valence-electron chi connectivity index (χ0n) is 22.5. The Labute approximate surface area is 243 Å². The van der Waals surface area contributed by atoms with Crippen LogP contribution in [0.25, 0.3) is 0 Å². The number of sulfonamides is 1. The van der Waals surface area contributed by atoms with Crippen molar-refractivity contribution in [2.45, 2.75) is 31.3 Å². The number of aromatic nitrogens is 3. The maximum atomic E-state index is 12.6. The van der Waals surface area contributed by atoms with Gasteiger partial charge in [0.05, 0.1) is 23.9 Å². The van der Waals surface area contributed by atoms with Gasteiger partial charge in [0, 0.05) is 42.4 Å². The number of carbonyl (C=O) groups is 1. The van der Waals surface area contributed by atoms with Gasteiger partial charge in [-0.1, -0.05) is 23.7 Å². The van der Waals surface area contributed by atoms with E-state index in [1.54, 1.807) is 62.6 Å². The summed E-state index contributed by atoms with van der Waals surface area (Å²) in [5.41, 5.74) is 2.39. The number of nitrogens with one attached hydrogen (secondary N) is 5. The third-order valence-electron chi connectivity index (χ3n) is 5.42. The molecular formula is C27H29ClN8O4S. The summed E-state index contributed by atoms with van der Waals surface area (Å²) < 4.78 is 33.2. The van der Waals surface area contributed by atoms with E-state index in [2.05, 4.69) is 40.9 Å². The lowest BCUT2D eigenvalue weighted by Gasteiger charge is -2.14. The second-order valence-electron chi connectivity index (χ2n) is 9.03. The molecule has 2 amide bonds. The summed E-state index contributed by atoms with van der Waals surface area (Å²) in [6, 6.07) is 14.4. The molecule has 4 aromatic rings. The molecule has 0 saturated heterocycles. The van der Waals surface area contributed by atoms with Gasteiger partial charge in [-0.15, -0.1) is 0 Å². The highest BCUT2D eigenvalue weighted by molar-refractivity contribution is 7.89. The molecule has 0 spiro atoms. The number of methoxy groups -OCH3 is 1. The Morgan fingerprint density at radius 1 is 1.02 bits per heavy atom. The van der Waals surface area contributed by atoms with Gasteiger partial charge in [-0.25, -0.2) is 22.9 Å². The predicted molar refractivity (Wildman–Crippen MR) is 159 cm³/mol. The Hall–Kier alpha value is -4.46. The van der Waals surface area contributed by atoms with Crippen molar-refractivity contribution in [3.63, 3.8) is 0 Å². The molecule has 5 N–H and O–H groups in total. The molecule has 0 bridgehead atoms. The van der Waals surface area contributed by atoms with Gasteiger partial charge in [-0.2, -0.15) is 4.98 Å². The summed E-state index contributed by atoms with van der Waals surface area (Å²) in [6.45, 7) is 3.82. The van der Waals surface area contributed by atoms with Gasteiger partial charge in [-0.05, 0) is 55.8 Å². The van der Waals surface area contributed by atoms with Gasteiger partial charge in [0.1, 0.15) is 10.8 Å². The van der Waals surface area contributed by atoms with Gasteiger partial charge in [0.25, 0.3) is 0 Å². The molecule has 0 atom stereocenters. The fourth-order valence-corrected chi connectivity index (χ4v) is 5.06. The van der Waals surface area contributed by atoms with E-state index in [9.17, 15) is 13.2 Å². The minimum Gasteiger partial charge on any atom is -0.494 e. The van der Waals surface area contributed by atoms with Crippen molar-refractivity contribution in [2.75, 3.05) is 23.1 Å². The van der Waals surface area contributed by atoms with Crippen LogP contribution < -0.4 is 30.7 Å². The zero-order valence-corrected chi connectivity index (χ0v) is 24.0. The number of pyridine rings is 1. The van der Waals surface area contributed by atoms with E-state index >= 15 is 0 Å². The first-order valence-electron chi connectivity index (χ1n) is 12.4. The predicted octanol–water partition coefficient (Wildman–Crippen LogP) is 5.03. The van der Waals surface area contributed by atoms with Gasteiger partial charge in [-0.3, -0.25) is 4.98 Å². The first kappa shape index (κ1) is 29.5. The van der Waals surface area contributed by atoms with Crippen molar-refractivity contribution in [1.82, 2.24) is 25.0 Å². The molecule has 2 aromatic carbocycles. The number of halogens is 1. The van der Waals surface area contributed by atoms with Crippen LogP contribution in [0, 0.1) is 0 Å². The van der Waals surface area contributed by atoms with E-state index in [-0.39, 0.29) is 33.8 Å². The van der Waals surface area contributed by atoms with Crippen LogP contribution in [0.1, 0.15) is 19.4 Å². The average Bonchev–Trinajstić information content (AvgIpc) is 2.94. The summed E-state index contributed by atoms with van der Waals surface area (Å²) in [5, 5.41) is 11.9. The second kappa shape index (κ2) is 13.3. The summed E-state index contributed by atoms with van der Waals surface area (Å²) in [4.78, 5) is 25.1. The number of hydrogen-bond donors (Lipinski definition) is 5. The second-order valence-corrected chi connectivity index (χ2v) is 11.1. The van der Waals surface area contributed by atoms with Crippen LogP contribution in [0.5, 0.6) is 5.75 Å². The molecule has 2 heterocycles. The minimum atomic E-state index is -3.68. The smallest absolute Gasteiger partial charge is 0.319 e. The summed E-state index contributed by atoms with van der Waals surface area (Å²) >= 11 is 6.32. The van der Waals surface area contributed by atoms with E-state index in [1.165, 1.54) is 25.4 Å². The number of nitrogens with zero attached hydrogens (tertiary/aromatic N) is 3. The average molecular weight is 597 g/mol. The van der Waals surface area contributed by atoms with Crippen molar-refractivity contribution >= 4 is 56.5 Å². The molecule has 0 aliphatic heterocycles. The lowest BCUT2D eigenvalue weighted by molar-refractivity contribution is 0.251. The number of benzene rings is 2. The van der Waals surface area contributed by atoms with E-state index in [0.717, 1.165) is 5.56 Å². The van der Waals surface area contributed by atoms with Gasteiger partial charge in [0.15, 0.2) is 5.82 Å². The van der Waals surface area contributed by atoms with Crippen LogP contribution in [0.4, 0.5) is 33.6 Å². The van der Waals surface area contributed by atoms with Gasteiger partial charge < -0.3 is 26.0 Å². The molecule has 0 aliphatic carbocycles. The SMILES string of the molecule is COc1cc(NC(=O)NCc2cccnc2)ccc1Nc1ncc(Cl)c(Nc2cccc(S(=O)(=O)NC(C)C)c2)n1. The Bertz CT molecular complexity index is 1620. The standard InChI is InChI=1S/C27H29ClN8O4S/c1-17(2)36-41(38,39)21-8-4-7-19(12-21)32-25-22(28)16-30-26(35-25)34-23-10-9-20(13-24(23)40-3)33-27(37)31-15-18-6-5-11-29-14-18/h4-14,16-17,36H,15H2,1-3H3,(H2,31,33,37)(H2,30,32,34,35). The number of urea groups is 1. The van der Waals surface area contributed by atoms with Crippen LogP contribution in [-0.2, 0) is 16.6 Å². The highest BCUT2D eigenvalue weighted by Gasteiger charge is 2.16. The topological polar surface area (TPSA) is 159 Å². The molecule has 0 aliphatic rings. The number of amides is 2. The maximum absolute atomic E-state index is 12.6. The molecule has 12 nitrogen and oxygen atoms in total. The van der Waals surface area contributed by atoms with Crippen LogP contribution in [0.3, 0.4) is 0 Å². The molecule has 41 heavy (non-hydrogen) atoms. The first-order valence-corrected chi connectivity index (χ1v) is 14.3. The zero-order chi connectivity index (χ0) is 29.4. The van der Waals surface area contributed by atoms with Crippen molar-refractivity contribution in [1.29, 1.82) is 0 Å². The molecule has 0 saturated carbocycles. The summed E-state index contributed by atoms with van der Waals surface area (Å²) in [5.74, 6) is 0.895. The van der Waals surface area contributed by atoms with E-state index in [1.807, 2.05) is 6.07 Å². The van der Waals surface area contributed by atoms with Crippen LogP contribution in [0.15, 0.2) is 78.1 Å². The van der Waals surface area contributed by atoms with Crippen molar-refractivity contribution in [3.05, 3.63) is 83.8 Å². The van der Waals surface area contributed by atoms with Crippen LogP contribution in [0.2, 0.25) is 5.02 Å². The molecule has 0 fully saturated rings. The summed E-state index contributed by atoms with van der Waals surface area (Å²) in [7, 11) is -2.19.